The summed E-state index contributed by atoms with van der Waals surface area (Å²) in [5, 5.41) is 16.3. The highest BCUT2D eigenvalue weighted by molar-refractivity contribution is 6.15. The van der Waals surface area contributed by atoms with Gasteiger partial charge in [0.25, 0.3) is 5.91 Å². The molecule has 3 aromatic rings. The zero-order valence-electron chi connectivity index (χ0n) is 17.6. The summed E-state index contributed by atoms with van der Waals surface area (Å²) in [6.45, 7) is 1.48. The Hall–Kier alpha value is -4.66. The molecule has 9 heteroatoms. The molecule has 2 heterocycles. The van der Waals surface area contributed by atoms with Gasteiger partial charge in [-0.05, 0) is 55.0 Å². The van der Waals surface area contributed by atoms with Gasteiger partial charge in [-0.25, -0.2) is 9.69 Å². The van der Waals surface area contributed by atoms with Crippen LogP contribution in [0.4, 0.5) is 10.5 Å². The molecule has 0 radical (unpaired) electrons. The molecule has 1 aromatic heterocycles. The number of aromatic nitrogens is 1. The maximum Gasteiger partial charge on any atom is 0.329 e. The lowest BCUT2D eigenvalue weighted by atomic mass is 10.2. The molecule has 4 rings (SSSR count). The van der Waals surface area contributed by atoms with Gasteiger partial charge >= 0.3 is 6.03 Å². The highest BCUT2D eigenvalue weighted by Gasteiger charge is 2.35. The molecule has 0 atom stereocenters. The highest BCUT2D eigenvalue weighted by atomic mass is 16.4. The highest BCUT2D eigenvalue weighted by Crippen LogP contribution is 2.19. The van der Waals surface area contributed by atoms with Crippen LogP contribution in [0, 0.1) is 6.92 Å². The predicted octanol–water partition coefficient (Wildman–Crippen LogP) is 1.68. The van der Waals surface area contributed by atoms with Gasteiger partial charge < -0.3 is 25.1 Å². The molecule has 2 N–H and O–H groups in total. The monoisotopic (exact) mass is 443 g/mol. The van der Waals surface area contributed by atoms with Crippen molar-refractivity contribution in [3.8, 4) is 5.69 Å². The van der Waals surface area contributed by atoms with Crippen LogP contribution >= 0.6 is 0 Å². The summed E-state index contributed by atoms with van der Waals surface area (Å²) in [7, 11) is 0. The molecular formula is C24H19N4O5-. The first-order valence-corrected chi connectivity index (χ1v) is 10.0. The number of hydrogen-bond donors (Lipinski definition) is 2. The zero-order chi connectivity index (χ0) is 23.5. The average molecular weight is 443 g/mol. The fraction of sp³-hybridized carbons (Fsp3) is 0.0833. The summed E-state index contributed by atoms with van der Waals surface area (Å²) in [6, 6.07) is 16.0. The van der Waals surface area contributed by atoms with E-state index < -0.39 is 30.4 Å². The predicted molar refractivity (Wildman–Crippen MR) is 118 cm³/mol. The van der Waals surface area contributed by atoms with Crippen molar-refractivity contribution in [1.29, 1.82) is 0 Å². The Morgan fingerprint density at radius 3 is 2.55 bits per heavy atom. The van der Waals surface area contributed by atoms with E-state index in [1.807, 2.05) is 19.1 Å². The van der Waals surface area contributed by atoms with Crippen molar-refractivity contribution in [2.24, 2.45) is 0 Å². The molecule has 9 nitrogen and oxygen atoms in total. The molecule has 1 saturated heterocycles. The van der Waals surface area contributed by atoms with E-state index >= 15 is 0 Å². The first kappa shape index (κ1) is 21.6. The summed E-state index contributed by atoms with van der Waals surface area (Å²) < 4.78 is 1.66. The minimum absolute atomic E-state index is 0.000795. The summed E-state index contributed by atoms with van der Waals surface area (Å²) in [5.74, 6) is -2.46. The molecule has 33 heavy (non-hydrogen) atoms. The van der Waals surface area contributed by atoms with Crippen molar-refractivity contribution in [3.63, 3.8) is 0 Å². The van der Waals surface area contributed by atoms with E-state index in [1.165, 1.54) is 18.2 Å². The molecule has 0 spiro atoms. The van der Waals surface area contributed by atoms with Gasteiger partial charge in [-0.1, -0.05) is 29.8 Å². The molecule has 0 saturated carbocycles. The first-order valence-electron chi connectivity index (χ1n) is 10.0. The number of imide groups is 1. The van der Waals surface area contributed by atoms with Gasteiger partial charge in [0.05, 0.1) is 5.97 Å². The second kappa shape index (κ2) is 8.83. The van der Waals surface area contributed by atoms with Crippen LogP contribution in [0.1, 0.15) is 21.6 Å². The molecule has 0 aliphatic carbocycles. The van der Waals surface area contributed by atoms with Crippen LogP contribution < -0.4 is 15.7 Å². The average Bonchev–Trinajstić information content (AvgIpc) is 3.35. The third kappa shape index (κ3) is 4.67. The minimum atomic E-state index is -1.30. The van der Waals surface area contributed by atoms with Gasteiger partial charge in [-0.15, -0.1) is 0 Å². The molecule has 1 aliphatic heterocycles. The number of carbonyl (C=O) groups is 4. The van der Waals surface area contributed by atoms with Crippen molar-refractivity contribution in [1.82, 2.24) is 14.8 Å². The van der Waals surface area contributed by atoms with Crippen molar-refractivity contribution in [2.45, 2.75) is 6.92 Å². The second-order valence-electron chi connectivity index (χ2n) is 7.43. The molecule has 4 amide bonds. The largest absolute Gasteiger partial charge is 0.545 e. The zero-order valence-corrected chi connectivity index (χ0v) is 17.6. The summed E-state index contributed by atoms with van der Waals surface area (Å²) in [4.78, 5) is 49.4. The first-order chi connectivity index (χ1) is 15.8. The number of nitrogens with zero attached hydrogens (tertiary/aromatic N) is 2. The van der Waals surface area contributed by atoms with Crippen LogP contribution in [-0.2, 0) is 9.59 Å². The maximum atomic E-state index is 12.8. The number of aromatic carboxylic acids is 1. The van der Waals surface area contributed by atoms with E-state index in [0.717, 1.165) is 10.5 Å². The second-order valence-corrected chi connectivity index (χ2v) is 7.43. The van der Waals surface area contributed by atoms with Gasteiger partial charge in [0.1, 0.15) is 12.2 Å². The smallest absolute Gasteiger partial charge is 0.329 e. The third-order valence-corrected chi connectivity index (χ3v) is 5.03. The van der Waals surface area contributed by atoms with Crippen LogP contribution in [0.15, 0.2) is 72.6 Å². The van der Waals surface area contributed by atoms with Crippen LogP contribution in [-0.4, -0.2) is 39.8 Å². The van der Waals surface area contributed by atoms with Gasteiger partial charge in [0, 0.05) is 23.3 Å². The van der Waals surface area contributed by atoms with Crippen LogP contribution in [0.5, 0.6) is 0 Å². The summed E-state index contributed by atoms with van der Waals surface area (Å²) >= 11 is 0. The van der Waals surface area contributed by atoms with E-state index in [-0.39, 0.29) is 11.3 Å². The van der Waals surface area contributed by atoms with Gasteiger partial charge in [0.2, 0.25) is 5.91 Å². The van der Waals surface area contributed by atoms with Crippen LogP contribution in [0.25, 0.3) is 11.8 Å². The number of anilines is 1. The summed E-state index contributed by atoms with van der Waals surface area (Å²) in [5.41, 5.74) is 2.67. The number of urea groups is 1. The van der Waals surface area contributed by atoms with Crippen molar-refractivity contribution < 1.29 is 24.3 Å². The minimum Gasteiger partial charge on any atom is -0.545 e. The van der Waals surface area contributed by atoms with E-state index in [2.05, 4.69) is 10.6 Å². The van der Waals surface area contributed by atoms with Gasteiger partial charge in [-0.2, -0.15) is 0 Å². The Morgan fingerprint density at radius 1 is 1.06 bits per heavy atom. The molecule has 2 aromatic carbocycles. The number of nitrogens with one attached hydrogen (secondary N) is 2. The third-order valence-electron chi connectivity index (χ3n) is 5.03. The Balaban J connectivity index is 1.51. The number of carbonyl (C=O) groups excluding carboxylic acids is 4. The Kier molecular flexibility index (Phi) is 5.77. The normalized spacial score (nSPS) is 14.5. The van der Waals surface area contributed by atoms with Gasteiger partial charge in [0.15, 0.2) is 0 Å². The van der Waals surface area contributed by atoms with E-state index in [1.54, 1.807) is 47.2 Å². The number of rotatable bonds is 6. The fourth-order valence-electron chi connectivity index (χ4n) is 3.37. The number of hydrogen-bond acceptors (Lipinski definition) is 5. The van der Waals surface area contributed by atoms with Crippen LogP contribution in [0.2, 0.25) is 0 Å². The lowest BCUT2D eigenvalue weighted by Crippen LogP contribution is -2.38. The topological polar surface area (TPSA) is 124 Å². The van der Waals surface area contributed by atoms with Gasteiger partial charge in [-0.3, -0.25) is 9.59 Å². The van der Waals surface area contributed by atoms with Crippen molar-refractivity contribution in [3.05, 3.63) is 89.4 Å². The number of benzene rings is 2. The van der Waals surface area contributed by atoms with Crippen molar-refractivity contribution in [2.75, 3.05) is 11.9 Å². The lowest BCUT2D eigenvalue weighted by molar-refractivity contribution is -0.255. The molecule has 0 unspecified atom stereocenters. The standard InChI is InChI=1S/C24H20N4O5/c1-15-7-9-17(10-8-15)25-21(29)14-28-22(30)20(26-24(28)33)13-19-6-3-11-27(19)18-5-2-4-16(12-18)23(31)32/h2-13H,14H2,1H3,(H,25,29)(H,26,33)(H,31,32)/p-1. The SMILES string of the molecule is Cc1ccc(NC(=O)CN2C(=O)NC(=Cc3cccn3-c3cccc(C(=O)[O-])c3)C2=O)cc1. The number of carboxylic acids is 1. The van der Waals surface area contributed by atoms with E-state index in [4.69, 9.17) is 0 Å². The number of carboxylic acid groups (broad SMARTS) is 1. The van der Waals surface area contributed by atoms with E-state index in [0.29, 0.717) is 17.1 Å². The molecule has 1 aliphatic rings. The van der Waals surface area contributed by atoms with E-state index in [9.17, 15) is 24.3 Å². The Morgan fingerprint density at radius 2 is 1.82 bits per heavy atom. The fourth-order valence-corrected chi connectivity index (χ4v) is 3.37. The lowest BCUT2D eigenvalue weighted by Gasteiger charge is -2.12. The molecule has 1 fully saturated rings. The number of aryl methyl sites for hydroxylation is 1. The summed E-state index contributed by atoms with van der Waals surface area (Å²) in [6.07, 6.45) is 3.15. The molecule has 0 bridgehead atoms. The maximum absolute atomic E-state index is 12.8. The Labute approximate surface area is 188 Å². The Bertz CT molecular complexity index is 1290. The molecular weight excluding hydrogens is 424 g/mol. The van der Waals surface area contributed by atoms with Crippen molar-refractivity contribution >= 4 is 35.6 Å². The number of amides is 4. The van der Waals surface area contributed by atoms with Crippen LogP contribution in [0.3, 0.4) is 0 Å². The molecule has 166 valence electrons. The quantitative estimate of drug-likeness (QED) is 0.443.